The minimum Gasteiger partial charge on any atom is -0.480 e. The maximum Gasteiger partial charge on any atom is 0.326 e. The van der Waals surface area contributed by atoms with Gasteiger partial charge < -0.3 is 114 Å². The maximum absolute atomic E-state index is 14.1. The molecule has 0 aliphatic carbocycles. The first kappa shape index (κ1) is 76.5. The minimum absolute atomic E-state index is 0.0236. The van der Waals surface area contributed by atoms with Crippen LogP contribution < -0.4 is 93.3 Å². The normalized spacial score (nSPS) is 14.9. The topological polar surface area (TPSA) is 618 Å². The Kier molecular flexibility index (Phi) is 38.5. The molecule has 478 valence electrons. The molecule has 0 aromatic rings. The van der Waals surface area contributed by atoms with Gasteiger partial charge in [0.25, 0.3) is 0 Å². The Labute approximate surface area is 489 Å². The van der Waals surface area contributed by atoms with Gasteiger partial charge in [0.1, 0.15) is 48.3 Å². The zero-order chi connectivity index (χ0) is 64.1. The highest BCUT2D eigenvalue weighted by Crippen LogP contribution is 2.11. The van der Waals surface area contributed by atoms with E-state index < -0.39 is 163 Å². The van der Waals surface area contributed by atoms with Crippen molar-refractivity contribution in [2.75, 3.05) is 50.8 Å². The molecule has 0 spiro atoms. The highest BCUT2D eigenvalue weighted by atomic mass is 32.2. The largest absolute Gasteiger partial charge is 0.480 e. The summed E-state index contributed by atoms with van der Waals surface area (Å²) in [5.41, 5.74) is 38.3. The average molecular weight is 1220 g/mol. The summed E-state index contributed by atoms with van der Waals surface area (Å²) >= 11 is 1.04. The molecule has 0 saturated carbocycles. The van der Waals surface area contributed by atoms with Crippen LogP contribution in [-0.4, -0.2) is 221 Å². The second kappa shape index (κ2) is 42.3. The van der Waals surface area contributed by atoms with E-state index >= 15 is 0 Å². The fourth-order valence-corrected chi connectivity index (χ4v) is 8.20. The molecule has 0 heterocycles. The van der Waals surface area contributed by atoms with Crippen LogP contribution in [0.2, 0.25) is 0 Å². The number of aliphatic hydroxyl groups excluding tert-OH is 3. The van der Waals surface area contributed by atoms with E-state index in [4.69, 9.17) is 40.1 Å². The predicted octanol–water partition coefficient (Wildman–Crippen LogP) is -10.1. The molecule has 0 bridgehead atoms. The second-order valence-corrected chi connectivity index (χ2v) is 20.5. The van der Waals surface area contributed by atoms with E-state index in [1.54, 1.807) is 0 Å². The number of aliphatic carboxylic acids is 1. The number of thioether (sulfide) groups is 1. The van der Waals surface area contributed by atoms with Gasteiger partial charge in [-0.25, -0.2) is 4.79 Å². The molecule has 0 fully saturated rings. The number of hydrogen-bond donors (Lipinski definition) is 21. The summed E-state index contributed by atoms with van der Waals surface area (Å²) in [6, 6.07) is -13.9. The highest BCUT2D eigenvalue weighted by Gasteiger charge is 2.36. The summed E-state index contributed by atoms with van der Waals surface area (Å²) in [4.78, 5) is 171. The van der Waals surface area contributed by atoms with Crippen LogP contribution in [0.1, 0.15) is 97.8 Å². The van der Waals surface area contributed by atoms with Crippen LogP contribution in [0.4, 0.5) is 0 Å². The summed E-state index contributed by atoms with van der Waals surface area (Å²) in [6.45, 7) is 1.40. The number of primary amides is 2. The molecule has 36 heteroatoms. The van der Waals surface area contributed by atoms with Gasteiger partial charge in [0, 0.05) is 25.1 Å². The number of aliphatic imine (C=N–C) groups is 1. The Morgan fingerprint density at radius 2 is 0.976 bits per heavy atom. The first-order valence-electron chi connectivity index (χ1n) is 27.0. The number of carboxylic acid groups (broad SMARTS) is 1. The summed E-state index contributed by atoms with van der Waals surface area (Å²) < 4.78 is 0. The Morgan fingerprint density at radius 1 is 0.488 bits per heavy atom. The van der Waals surface area contributed by atoms with Crippen molar-refractivity contribution in [3.8, 4) is 0 Å². The van der Waals surface area contributed by atoms with Crippen LogP contribution in [0.15, 0.2) is 4.99 Å². The Hall–Kier alpha value is -7.51. The number of nitrogens with two attached hydrogens (primary N) is 7. The number of rotatable bonds is 45. The number of guanidine groups is 1. The first-order chi connectivity index (χ1) is 39.5. The second-order valence-electron chi connectivity index (χ2n) is 19.3. The predicted molar refractivity (Wildman–Crippen MR) is 303 cm³/mol. The van der Waals surface area contributed by atoms with E-state index in [2.05, 4.69) is 58.2 Å². The third-order valence-corrected chi connectivity index (χ3v) is 13.1. The molecule has 28 N–H and O–H groups in total. The molecular weight excluding hydrogens is 1130 g/mol. The Balaban J connectivity index is 6.40. The van der Waals surface area contributed by atoms with Gasteiger partial charge in [0.15, 0.2) is 5.96 Å². The number of aliphatic hydroxyl groups is 3. The van der Waals surface area contributed by atoms with E-state index in [9.17, 15) is 82.8 Å². The zero-order valence-electron chi connectivity index (χ0n) is 47.5. The van der Waals surface area contributed by atoms with Crippen molar-refractivity contribution in [1.29, 1.82) is 0 Å². The molecule has 11 atom stereocenters. The van der Waals surface area contributed by atoms with Crippen LogP contribution in [-0.2, 0) is 62.3 Å². The third kappa shape index (κ3) is 33.0. The Morgan fingerprint density at radius 3 is 1.52 bits per heavy atom. The number of amides is 12. The highest BCUT2D eigenvalue weighted by molar-refractivity contribution is 7.99. The monoisotopic (exact) mass is 1220 g/mol. The molecule has 0 aliphatic rings. The number of carboxylic acids is 1. The molecule has 0 radical (unpaired) electrons. The fourth-order valence-electron chi connectivity index (χ4n) is 7.22. The van der Waals surface area contributed by atoms with Crippen LogP contribution >= 0.6 is 11.8 Å². The van der Waals surface area contributed by atoms with Gasteiger partial charge >= 0.3 is 5.97 Å². The number of hydrogen-bond acceptors (Lipinski definition) is 21. The lowest BCUT2D eigenvalue weighted by molar-refractivity contribution is -0.142. The molecule has 0 aliphatic heterocycles. The fraction of sp³-hybridized carbons (Fsp3) is 0.708. The van der Waals surface area contributed by atoms with E-state index in [1.165, 1.54) is 6.92 Å². The molecule has 0 aromatic heterocycles. The maximum atomic E-state index is 14.1. The molecule has 0 aromatic carbocycles. The van der Waals surface area contributed by atoms with Crippen LogP contribution in [0.3, 0.4) is 0 Å². The minimum atomic E-state index is -1.87. The smallest absolute Gasteiger partial charge is 0.326 e. The van der Waals surface area contributed by atoms with Gasteiger partial charge in [-0.15, -0.1) is 0 Å². The Bertz CT molecular complexity index is 2230. The summed E-state index contributed by atoms with van der Waals surface area (Å²) in [7, 11) is 0. The van der Waals surface area contributed by atoms with Crippen LogP contribution in [0.5, 0.6) is 0 Å². The van der Waals surface area contributed by atoms with Gasteiger partial charge in [-0.3, -0.25) is 62.5 Å². The molecular formula is C48H88N18O17S. The van der Waals surface area contributed by atoms with Gasteiger partial charge in [0.05, 0.1) is 37.9 Å². The zero-order valence-corrected chi connectivity index (χ0v) is 48.3. The SMILES string of the molecule is C[C@H](NC(=O)[C@@H](NC(=O)[C@H](CCC(N)=O)NC(=O)[C@@H](N)CCCCN)[C@@H](C)O)C(=O)N[C@@H](CCCN=C(N)N)C(=O)N[C@@H](CSCCCC(N)=O)C(=O)N[C@@H](CO)C(=O)N[C@H](C(=O)NCC(=O)NCC(=O)N[C@@H](CCCCN)C(=O)O)[C@@H](C)O. The van der Waals surface area contributed by atoms with Gasteiger partial charge in [-0.1, -0.05) is 6.42 Å². The molecule has 0 saturated heterocycles. The molecule has 35 nitrogen and oxygen atoms in total. The number of nitrogens with one attached hydrogen (secondary N) is 10. The quantitative estimate of drug-likeness (QED) is 0.0153. The van der Waals surface area contributed by atoms with E-state index in [1.807, 2.05) is 0 Å². The number of carbonyl (C=O) groups excluding carboxylic acids is 12. The molecule has 0 unspecified atom stereocenters. The van der Waals surface area contributed by atoms with E-state index in [-0.39, 0.29) is 75.4 Å². The third-order valence-electron chi connectivity index (χ3n) is 12.0. The number of carbonyl (C=O) groups is 13. The van der Waals surface area contributed by atoms with Gasteiger partial charge in [0.2, 0.25) is 70.9 Å². The van der Waals surface area contributed by atoms with Crippen molar-refractivity contribution in [2.45, 2.75) is 164 Å². The summed E-state index contributed by atoms with van der Waals surface area (Å²) in [6.07, 6.45) is -1.72. The first-order valence-corrected chi connectivity index (χ1v) is 28.2. The van der Waals surface area contributed by atoms with Crippen molar-refractivity contribution in [1.82, 2.24) is 53.2 Å². The lowest BCUT2D eigenvalue weighted by Crippen LogP contribution is -2.62. The molecule has 84 heavy (non-hydrogen) atoms. The van der Waals surface area contributed by atoms with Crippen LogP contribution in [0, 0.1) is 0 Å². The lowest BCUT2D eigenvalue weighted by atomic mass is 10.1. The van der Waals surface area contributed by atoms with Crippen molar-refractivity contribution in [3.05, 3.63) is 0 Å². The number of nitrogens with zero attached hydrogens (tertiary/aromatic N) is 1. The lowest BCUT2D eigenvalue weighted by Gasteiger charge is -2.28. The summed E-state index contributed by atoms with van der Waals surface area (Å²) in [5, 5.41) is 63.6. The van der Waals surface area contributed by atoms with E-state index in [0.717, 1.165) is 25.6 Å². The van der Waals surface area contributed by atoms with Crippen molar-refractivity contribution >= 4 is 94.6 Å². The molecule has 0 rings (SSSR count). The van der Waals surface area contributed by atoms with Crippen molar-refractivity contribution in [3.63, 3.8) is 0 Å². The number of unbranched alkanes of at least 4 members (excludes halogenated alkanes) is 2. The van der Waals surface area contributed by atoms with Gasteiger partial charge in [-0.05, 0) is 97.4 Å². The average Bonchev–Trinajstić information content (AvgIpc) is 3.57. The van der Waals surface area contributed by atoms with Gasteiger partial charge in [-0.2, -0.15) is 11.8 Å². The standard InChI is InChI=1S/C48H88N18O17S/c1-24(59-46(81)38(26(3)69)66-42(77)29(14-15-34(53)71)62-40(75)27(51)10-4-6-16-49)39(74)61-28(12-8-18-56-48(54)55)41(76)64-32(23-84-19-9-13-33(52)70)44(79)63-31(22-67)43(78)65-37(25(2)68)45(80)58-20-35(72)57-21-36(73)60-30(47(82)83)11-5-7-17-50/h24-32,37-38,67-69H,4-23,49-51H2,1-3H3,(H2,52,70)(H2,53,71)(H,57,72)(H,58,80)(H,59,81)(H,60,73)(H,61,74)(H,62,75)(H,63,79)(H,64,76)(H,65,78)(H,66,77)(H,82,83)(H4,54,55,56)/t24-,25+,26+,27-,28-,29-,30-,31-,32-,37-,38-/m0/s1. The summed E-state index contributed by atoms with van der Waals surface area (Å²) in [5.74, 6) is -13.3. The van der Waals surface area contributed by atoms with Crippen LogP contribution in [0.25, 0.3) is 0 Å². The van der Waals surface area contributed by atoms with E-state index in [0.29, 0.717) is 38.8 Å². The van der Waals surface area contributed by atoms with Crippen molar-refractivity contribution < 1.29 is 82.8 Å². The van der Waals surface area contributed by atoms with Crippen molar-refractivity contribution in [2.24, 2.45) is 45.1 Å². The molecule has 12 amide bonds.